The molecule has 0 saturated heterocycles. The number of benzene rings is 1. The third-order valence-electron chi connectivity index (χ3n) is 3.76. The minimum Gasteiger partial charge on any atom is -0.465 e. The number of nitrogens with zero attached hydrogens (tertiary/aromatic N) is 2. The highest BCUT2D eigenvalue weighted by molar-refractivity contribution is 7.15. The molecule has 1 aromatic carbocycles. The van der Waals surface area contributed by atoms with E-state index in [2.05, 4.69) is 20.3 Å². The number of aromatic amines is 1. The number of ether oxygens (including phenoxy) is 1. The number of thiazole rings is 1. The normalized spacial score (nSPS) is 14.0. The van der Waals surface area contributed by atoms with Crippen LogP contribution in [0.1, 0.15) is 20.9 Å². The molecule has 4 rings (SSSR count). The SMILES string of the molecule is COC(=O)c1cc(F)cc2[nH]c(-c3nc4c(s3)CNCC4)nc12. The van der Waals surface area contributed by atoms with Gasteiger partial charge in [0, 0.05) is 24.4 Å². The van der Waals surface area contributed by atoms with Crippen LogP contribution in [-0.2, 0) is 17.7 Å². The first-order chi connectivity index (χ1) is 11.2. The summed E-state index contributed by atoms with van der Waals surface area (Å²) in [5, 5.41) is 4.04. The molecular formula is C15H13FN4O2S. The first-order valence-corrected chi connectivity index (χ1v) is 7.94. The number of H-pyrrole nitrogens is 1. The van der Waals surface area contributed by atoms with Crippen LogP contribution >= 0.6 is 11.3 Å². The Balaban J connectivity index is 1.85. The number of nitrogens with one attached hydrogen (secondary N) is 2. The molecule has 0 radical (unpaired) electrons. The van der Waals surface area contributed by atoms with Crippen LogP contribution in [0.4, 0.5) is 4.39 Å². The fraction of sp³-hybridized carbons (Fsp3) is 0.267. The summed E-state index contributed by atoms with van der Waals surface area (Å²) in [6.07, 6.45) is 0.883. The number of hydrogen-bond donors (Lipinski definition) is 2. The largest absolute Gasteiger partial charge is 0.465 e. The van der Waals surface area contributed by atoms with Gasteiger partial charge in [-0.15, -0.1) is 11.3 Å². The van der Waals surface area contributed by atoms with Crippen molar-refractivity contribution in [2.24, 2.45) is 0 Å². The van der Waals surface area contributed by atoms with Crippen molar-refractivity contribution in [1.29, 1.82) is 0 Å². The van der Waals surface area contributed by atoms with Crippen molar-refractivity contribution in [1.82, 2.24) is 20.3 Å². The monoisotopic (exact) mass is 332 g/mol. The van der Waals surface area contributed by atoms with Crippen molar-refractivity contribution < 1.29 is 13.9 Å². The van der Waals surface area contributed by atoms with Gasteiger partial charge >= 0.3 is 5.97 Å². The number of fused-ring (bicyclic) bond motifs is 2. The van der Waals surface area contributed by atoms with Gasteiger partial charge in [0.05, 0.1) is 23.9 Å². The zero-order valence-corrected chi connectivity index (χ0v) is 13.1. The van der Waals surface area contributed by atoms with Gasteiger partial charge in [-0.2, -0.15) is 0 Å². The predicted octanol–water partition coefficient (Wildman–Crippen LogP) is 2.26. The van der Waals surface area contributed by atoms with Gasteiger partial charge in [-0.25, -0.2) is 19.2 Å². The summed E-state index contributed by atoms with van der Waals surface area (Å²) in [6.45, 7) is 1.71. The lowest BCUT2D eigenvalue weighted by Crippen LogP contribution is -2.22. The van der Waals surface area contributed by atoms with E-state index in [1.54, 1.807) is 11.3 Å². The third-order valence-corrected chi connectivity index (χ3v) is 4.87. The quantitative estimate of drug-likeness (QED) is 0.704. The van der Waals surface area contributed by atoms with Crippen LogP contribution in [0.15, 0.2) is 12.1 Å². The number of esters is 1. The van der Waals surface area contributed by atoms with Gasteiger partial charge in [-0.05, 0) is 12.1 Å². The number of methoxy groups -OCH3 is 1. The van der Waals surface area contributed by atoms with Crippen LogP contribution in [-0.4, -0.2) is 34.6 Å². The van der Waals surface area contributed by atoms with Gasteiger partial charge in [-0.3, -0.25) is 0 Å². The molecule has 1 aliphatic rings. The Kier molecular flexibility index (Phi) is 3.35. The topological polar surface area (TPSA) is 79.9 Å². The highest BCUT2D eigenvalue weighted by atomic mass is 32.1. The standard InChI is InChI=1S/C15H13FN4O2S/c1-22-15(21)8-4-7(16)5-10-12(8)20-13(18-10)14-19-9-2-3-17-6-11(9)23-14/h4-5,17H,2-3,6H2,1H3,(H,18,20). The molecule has 0 unspecified atom stereocenters. The average Bonchev–Trinajstić information content (AvgIpc) is 3.16. The smallest absolute Gasteiger partial charge is 0.340 e. The van der Waals surface area contributed by atoms with E-state index in [4.69, 9.17) is 4.74 Å². The van der Waals surface area contributed by atoms with E-state index in [-0.39, 0.29) is 5.56 Å². The first kappa shape index (κ1) is 14.3. The van der Waals surface area contributed by atoms with Gasteiger partial charge in [-0.1, -0.05) is 0 Å². The maximum Gasteiger partial charge on any atom is 0.340 e. The first-order valence-electron chi connectivity index (χ1n) is 7.13. The highest BCUT2D eigenvalue weighted by Gasteiger charge is 2.20. The zero-order chi connectivity index (χ0) is 16.0. The van der Waals surface area contributed by atoms with Crippen LogP contribution in [0.5, 0.6) is 0 Å². The van der Waals surface area contributed by atoms with Crippen molar-refractivity contribution in [3.8, 4) is 10.8 Å². The van der Waals surface area contributed by atoms with E-state index in [9.17, 15) is 9.18 Å². The number of hydrogen-bond acceptors (Lipinski definition) is 6. The Morgan fingerprint density at radius 3 is 3.04 bits per heavy atom. The third kappa shape index (κ3) is 2.40. The van der Waals surface area contributed by atoms with Crippen molar-refractivity contribution in [2.45, 2.75) is 13.0 Å². The van der Waals surface area contributed by atoms with Crippen LogP contribution in [0.3, 0.4) is 0 Å². The molecular weight excluding hydrogens is 319 g/mol. The lowest BCUT2D eigenvalue weighted by molar-refractivity contribution is 0.0602. The molecule has 2 N–H and O–H groups in total. The molecule has 3 aromatic rings. The van der Waals surface area contributed by atoms with Gasteiger partial charge in [0.2, 0.25) is 0 Å². The summed E-state index contributed by atoms with van der Waals surface area (Å²) in [5.74, 6) is -0.596. The maximum atomic E-state index is 13.7. The molecule has 0 aliphatic carbocycles. The Morgan fingerprint density at radius 2 is 2.26 bits per heavy atom. The minimum absolute atomic E-state index is 0.105. The molecule has 1 aliphatic heterocycles. The molecule has 0 saturated carbocycles. The fourth-order valence-corrected chi connectivity index (χ4v) is 3.70. The van der Waals surface area contributed by atoms with Crippen molar-refractivity contribution in [2.75, 3.05) is 13.7 Å². The van der Waals surface area contributed by atoms with E-state index in [1.807, 2.05) is 0 Å². The second kappa shape index (κ2) is 5.39. The molecule has 3 heterocycles. The van der Waals surface area contributed by atoms with Gasteiger partial charge < -0.3 is 15.0 Å². The Bertz CT molecular complexity index is 894. The number of carbonyl (C=O) groups is 1. The van der Waals surface area contributed by atoms with E-state index < -0.39 is 11.8 Å². The second-order valence-corrected chi connectivity index (χ2v) is 6.33. The number of imidazole rings is 1. The van der Waals surface area contributed by atoms with Crippen LogP contribution in [0, 0.1) is 5.82 Å². The highest BCUT2D eigenvalue weighted by Crippen LogP contribution is 2.30. The zero-order valence-electron chi connectivity index (χ0n) is 12.3. The van der Waals surface area contributed by atoms with Crippen molar-refractivity contribution in [3.05, 3.63) is 34.1 Å². The van der Waals surface area contributed by atoms with Crippen molar-refractivity contribution in [3.63, 3.8) is 0 Å². The molecule has 0 amide bonds. The summed E-state index contributed by atoms with van der Waals surface area (Å²) < 4.78 is 18.4. The molecule has 6 nitrogen and oxygen atoms in total. The van der Waals surface area contributed by atoms with E-state index in [1.165, 1.54) is 18.1 Å². The van der Waals surface area contributed by atoms with Gasteiger partial charge in [0.15, 0.2) is 10.8 Å². The molecule has 0 atom stereocenters. The molecule has 23 heavy (non-hydrogen) atoms. The van der Waals surface area contributed by atoms with Crippen molar-refractivity contribution >= 4 is 28.3 Å². The number of aromatic nitrogens is 3. The van der Waals surface area contributed by atoms with Crippen LogP contribution in [0.25, 0.3) is 21.9 Å². The van der Waals surface area contributed by atoms with Gasteiger partial charge in [0.1, 0.15) is 11.3 Å². The number of carbonyl (C=O) groups excluding carboxylic acids is 1. The number of rotatable bonds is 2. The lowest BCUT2D eigenvalue weighted by Gasteiger charge is -2.09. The van der Waals surface area contributed by atoms with E-state index in [0.717, 1.165) is 36.3 Å². The molecule has 0 bridgehead atoms. The average molecular weight is 332 g/mol. The predicted molar refractivity (Wildman–Crippen MR) is 83.9 cm³/mol. The Hall–Kier alpha value is -2.32. The summed E-state index contributed by atoms with van der Waals surface area (Å²) in [4.78, 5) is 25.1. The van der Waals surface area contributed by atoms with Gasteiger partial charge in [0.25, 0.3) is 0 Å². The number of halogens is 1. The van der Waals surface area contributed by atoms with Crippen LogP contribution < -0.4 is 5.32 Å². The second-order valence-electron chi connectivity index (χ2n) is 5.24. The minimum atomic E-state index is -0.616. The summed E-state index contributed by atoms with van der Waals surface area (Å²) >= 11 is 1.55. The Labute approximate surface area is 134 Å². The molecule has 0 fully saturated rings. The molecule has 0 spiro atoms. The summed E-state index contributed by atoms with van der Waals surface area (Å²) in [7, 11) is 1.26. The summed E-state index contributed by atoms with van der Waals surface area (Å²) in [6, 6.07) is 2.45. The molecule has 2 aromatic heterocycles. The summed E-state index contributed by atoms with van der Waals surface area (Å²) in [5.41, 5.74) is 2.02. The Morgan fingerprint density at radius 1 is 1.39 bits per heavy atom. The fourth-order valence-electron chi connectivity index (χ4n) is 2.68. The lowest BCUT2D eigenvalue weighted by atomic mass is 10.2. The maximum absolute atomic E-state index is 13.7. The van der Waals surface area contributed by atoms with Crippen LogP contribution in [0.2, 0.25) is 0 Å². The molecule has 118 valence electrons. The molecule has 8 heteroatoms. The van der Waals surface area contributed by atoms with E-state index >= 15 is 0 Å². The van der Waals surface area contributed by atoms with E-state index in [0.29, 0.717) is 16.9 Å².